The summed E-state index contributed by atoms with van der Waals surface area (Å²) in [5.41, 5.74) is 1.84. The first-order valence-corrected chi connectivity index (χ1v) is 5.43. The smallest absolute Gasteiger partial charge is 0.165 e. The Labute approximate surface area is 104 Å². The van der Waals surface area contributed by atoms with Crippen LogP contribution >= 0.6 is 12.9 Å². The van der Waals surface area contributed by atoms with E-state index in [1.807, 2.05) is 12.1 Å². The highest BCUT2D eigenvalue weighted by atomic mass is 32.1. The molecule has 0 spiro atoms. The third-order valence-corrected chi connectivity index (χ3v) is 2.66. The van der Waals surface area contributed by atoms with E-state index in [0.717, 1.165) is 11.1 Å². The normalized spacial score (nSPS) is 10.2. The molecule has 2 rings (SSSR count). The molecule has 0 aromatic heterocycles. The molecule has 88 valence electrons. The molecule has 0 atom stereocenters. The lowest BCUT2D eigenvalue weighted by molar-refractivity contribution is 0.432. The maximum absolute atomic E-state index is 13.1. The minimum absolute atomic E-state index is 0.326. The average Bonchev–Trinajstić information content (AvgIpc) is 2.35. The molecule has 0 unspecified atom stereocenters. The van der Waals surface area contributed by atoms with E-state index in [4.69, 9.17) is 9.29 Å². The van der Waals surface area contributed by atoms with Crippen molar-refractivity contribution in [2.24, 2.45) is 0 Å². The standard InChI is InChI=1S/C13H11FO2S/c14-12-8-10(3-6-13(12)15)7-9-1-4-11(16-17)5-2-9/h1-6,8,15,17H,7H2. The monoisotopic (exact) mass is 250 g/mol. The number of hydrogen-bond acceptors (Lipinski definition) is 3. The molecule has 0 amide bonds. The molecular weight excluding hydrogens is 239 g/mol. The Kier molecular flexibility index (Phi) is 3.54. The molecule has 0 heterocycles. The van der Waals surface area contributed by atoms with E-state index < -0.39 is 5.82 Å². The Morgan fingerprint density at radius 3 is 2.29 bits per heavy atom. The fourth-order valence-corrected chi connectivity index (χ4v) is 1.69. The molecule has 0 fully saturated rings. The van der Waals surface area contributed by atoms with Gasteiger partial charge in [-0.15, -0.1) is 0 Å². The Balaban J connectivity index is 2.16. The van der Waals surface area contributed by atoms with E-state index in [1.54, 1.807) is 18.2 Å². The predicted octanol–water partition coefficient (Wildman–Crippen LogP) is 3.35. The molecular formula is C13H11FO2S. The van der Waals surface area contributed by atoms with Crippen molar-refractivity contribution < 1.29 is 13.7 Å². The van der Waals surface area contributed by atoms with E-state index in [1.165, 1.54) is 12.1 Å². The Bertz CT molecular complexity index is 511. The van der Waals surface area contributed by atoms with Gasteiger partial charge < -0.3 is 9.29 Å². The summed E-state index contributed by atoms with van der Waals surface area (Å²) in [6.45, 7) is 0. The van der Waals surface area contributed by atoms with E-state index in [-0.39, 0.29) is 5.75 Å². The largest absolute Gasteiger partial charge is 0.505 e. The van der Waals surface area contributed by atoms with Crippen molar-refractivity contribution in [2.75, 3.05) is 0 Å². The zero-order valence-corrected chi connectivity index (χ0v) is 9.82. The van der Waals surface area contributed by atoms with Gasteiger partial charge in [-0.2, -0.15) is 0 Å². The number of hydrogen-bond donors (Lipinski definition) is 2. The van der Waals surface area contributed by atoms with Crippen molar-refractivity contribution in [2.45, 2.75) is 6.42 Å². The van der Waals surface area contributed by atoms with Gasteiger partial charge in [-0.3, -0.25) is 0 Å². The summed E-state index contributed by atoms with van der Waals surface area (Å²) in [7, 11) is 0. The third-order valence-electron chi connectivity index (χ3n) is 2.45. The van der Waals surface area contributed by atoms with Crippen LogP contribution in [0.1, 0.15) is 11.1 Å². The van der Waals surface area contributed by atoms with Crippen molar-refractivity contribution in [1.82, 2.24) is 0 Å². The second-order valence-electron chi connectivity index (χ2n) is 3.70. The summed E-state index contributed by atoms with van der Waals surface area (Å²) >= 11 is 3.69. The second kappa shape index (κ2) is 5.10. The Morgan fingerprint density at radius 1 is 1.06 bits per heavy atom. The van der Waals surface area contributed by atoms with Crippen molar-refractivity contribution in [1.29, 1.82) is 0 Å². The van der Waals surface area contributed by atoms with Gasteiger partial charge in [-0.1, -0.05) is 18.2 Å². The molecule has 17 heavy (non-hydrogen) atoms. The molecule has 2 aromatic carbocycles. The van der Waals surface area contributed by atoms with Gasteiger partial charge in [0.05, 0.1) is 0 Å². The van der Waals surface area contributed by atoms with Gasteiger partial charge in [-0.05, 0) is 41.8 Å². The molecule has 0 bridgehead atoms. The maximum atomic E-state index is 13.1. The van der Waals surface area contributed by atoms with E-state index >= 15 is 0 Å². The van der Waals surface area contributed by atoms with Crippen LogP contribution in [0.3, 0.4) is 0 Å². The maximum Gasteiger partial charge on any atom is 0.165 e. The molecule has 0 aliphatic rings. The number of benzene rings is 2. The molecule has 2 aromatic rings. The van der Waals surface area contributed by atoms with E-state index in [0.29, 0.717) is 12.2 Å². The average molecular weight is 250 g/mol. The van der Waals surface area contributed by atoms with Crippen LogP contribution in [0.4, 0.5) is 4.39 Å². The summed E-state index contributed by atoms with van der Waals surface area (Å²) in [6, 6.07) is 11.7. The van der Waals surface area contributed by atoms with Crippen LogP contribution in [0.5, 0.6) is 11.5 Å². The summed E-state index contributed by atoms with van der Waals surface area (Å²) in [6.07, 6.45) is 0.601. The van der Waals surface area contributed by atoms with Crippen LogP contribution in [0.2, 0.25) is 0 Å². The van der Waals surface area contributed by atoms with Crippen LogP contribution in [0, 0.1) is 5.82 Å². The quantitative estimate of drug-likeness (QED) is 0.646. The summed E-state index contributed by atoms with van der Waals surface area (Å²) in [4.78, 5) is 0. The van der Waals surface area contributed by atoms with Gasteiger partial charge >= 0.3 is 0 Å². The van der Waals surface area contributed by atoms with Crippen molar-refractivity contribution in [3.8, 4) is 11.5 Å². The van der Waals surface area contributed by atoms with Crippen molar-refractivity contribution >= 4 is 12.9 Å². The van der Waals surface area contributed by atoms with Crippen LogP contribution < -0.4 is 4.18 Å². The van der Waals surface area contributed by atoms with Gasteiger partial charge in [0.25, 0.3) is 0 Å². The molecule has 1 N–H and O–H groups in total. The number of rotatable bonds is 3. The lowest BCUT2D eigenvalue weighted by Crippen LogP contribution is -1.89. The molecule has 2 nitrogen and oxygen atoms in total. The first kappa shape index (κ1) is 11.8. The molecule has 0 radical (unpaired) electrons. The Hall–Kier alpha value is -1.68. The van der Waals surface area contributed by atoms with Gasteiger partial charge in [-0.25, -0.2) is 4.39 Å². The van der Waals surface area contributed by atoms with Gasteiger partial charge in [0.15, 0.2) is 11.6 Å². The minimum atomic E-state index is -0.599. The van der Waals surface area contributed by atoms with Gasteiger partial charge in [0.2, 0.25) is 0 Å². The predicted molar refractivity (Wildman–Crippen MR) is 66.9 cm³/mol. The number of thiol groups is 1. The minimum Gasteiger partial charge on any atom is -0.505 e. The highest BCUT2D eigenvalue weighted by Crippen LogP contribution is 2.20. The van der Waals surface area contributed by atoms with Crippen LogP contribution in [0.15, 0.2) is 42.5 Å². The Morgan fingerprint density at radius 2 is 1.71 bits per heavy atom. The van der Waals surface area contributed by atoms with Crippen molar-refractivity contribution in [3.05, 3.63) is 59.4 Å². The lowest BCUT2D eigenvalue weighted by Gasteiger charge is -2.04. The van der Waals surface area contributed by atoms with Crippen LogP contribution in [-0.2, 0) is 6.42 Å². The summed E-state index contributed by atoms with van der Waals surface area (Å²) in [5.74, 6) is -0.264. The molecule has 0 saturated heterocycles. The molecule has 0 aliphatic carbocycles. The molecule has 4 heteroatoms. The third kappa shape index (κ3) is 2.91. The highest BCUT2D eigenvalue weighted by Gasteiger charge is 2.03. The second-order valence-corrected chi connectivity index (χ2v) is 3.88. The molecule has 0 aliphatic heterocycles. The van der Waals surface area contributed by atoms with Crippen LogP contribution in [-0.4, -0.2) is 5.11 Å². The number of halogens is 1. The molecule has 0 saturated carbocycles. The SMILES string of the molecule is Oc1ccc(Cc2ccc(OS)cc2)cc1F. The van der Waals surface area contributed by atoms with Gasteiger partial charge in [0.1, 0.15) is 5.75 Å². The fourth-order valence-electron chi connectivity index (χ4n) is 1.56. The zero-order chi connectivity index (χ0) is 12.3. The lowest BCUT2D eigenvalue weighted by atomic mass is 10.0. The van der Waals surface area contributed by atoms with Gasteiger partial charge in [0, 0.05) is 12.9 Å². The fraction of sp³-hybridized carbons (Fsp3) is 0.0769. The number of phenols is 1. The first-order valence-electron chi connectivity index (χ1n) is 5.07. The zero-order valence-electron chi connectivity index (χ0n) is 8.93. The van der Waals surface area contributed by atoms with E-state index in [9.17, 15) is 4.39 Å². The van der Waals surface area contributed by atoms with Crippen molar-refractivity contribution in [3.63, 3.8) is 0 Å². The number of phenolic OH excluding ortho intramolecular Hbond substituents is 1. The van der Waals surface area contributed by atoms with E-state index in [2.05, 4.69) is 12.9 Å². The van der Waals surface area contributed by atoms with Crippen LogP contribution in [0.25, 0.3) is 0 Å². The first-order chi connectivity index (χ1) is 8.19. The topological polar surface area (TPSA) is 29.5 Å². The summed E-state index contributed by atoms with van der Waals surface area (Å²) in [5, 5.41) is 9.08. The number of aromatic hydroxyl groups is 1. The summed E-state index contributed by atoms with van der Waals surface area (Å²) < 4.78 is 17.9. The highest BCUT2D eigenvalue weighted by molar-refractivity contribution is 7.75.